The number of nitrogens with zero attached hydrogens (tertiary/aromatic N) is 1. The van der Waals surface area contributed by atoms with Crippen LogP contribution < -0.4 is 10.0 Å². The van der Waals surface area contributed by atoms with Crippen molar-refractivity contribution in [3.63, 3.8) is 0 Å². The number of halogens is 2. The largest absolute Gasteiger partial charge is 0.326 e. The van der Waals surface area contributed by atoms with Gasteiger partial charge in [-0.05, 0) is 44.2 Å². The lowest BCUT2D eigenvalue weighted by atomic mass is 10.1. The Morgan fingerprint density at radius 2 is 1.79 bits per heavy atom. The lowest BCUT2D eigenvalue weighted by Crippen LogP contribution is -2.48. The van der Waals surface area contributed by atoms with Crippen LogP contribution in [0.25, 0.3) is 0 Å². The number of para-hydroxylation sites is 1. The molecule has 2 N–H and O–H groups in total. The van der Waals surface area contributed by atoms with E-state index in [2.05, 4.69) is 10.0 Å². The van der Waals surface area contributed by atoms with Crippen molar-refractivity contribution in [2.45, 2.75) is 33.2 Å². The number of amides is 2. The van der Waals surface area contributed by atoms with Crippen molar-refractivity contribution >= 4 is 56.6 Å². The molecule has 0 unspecified atom stereocenters. The zero-order valence-electron chi connectivity index (χ0n) is 16.1. The summed E-state index contributed by atoms with van der Waals surface area (Å²) in [6, 6.07) is 11.1. The number of anilines is 2. The Labute approximate surface area is 180 Å². The summed E-state index contributed by atoms with van der Waals surface area (Å²) in [6.45, 7) is 5.10. The summed E-state index contributed by atoms with van der Waals surface area (Å²) in [5.41, 5.74) is 1.39. The Morgan fingerprint density at radius 3 is 2.38 bits per heavy atom. The van der Waals surface area contributed by atoms with Crippen LogP contribution in [-0.2, 0) is 15.0 Å². The van der Waals surface area contributed by atoms with E-state index in [0.29, 0.717) is 33.4 Å². The number of rotatable bonds is 3. The predicted molar refractivity (Wildman–Crippen MR) is 116 cm³/mol. The SMILES string of the molecule is CC(C)N1C(=O)c2ccccc2NS1(=O)=O.CCC(=O)Nc1ccc(Cl)c(Cl)c1. The van der Waals surface area contributed by atoms with Crippen molar-refractivity contribution in [2.24, 2.45) is 0 Å². The van der Waals surface area contributed by atoms with E-state index in [9.17, 15) is 18.0 Å². The molecule has 0 bridgehead atoms. The topological polar surface area (TPSA) is 95.6 Å². The molecule has 2 amide bonds. The van der Waals surface area contributed by atoms with Crippen molar-refractivity contribution in [3.05, 3.63) is 58.1 Å². The molecule has 1 heterocycles. The molecule has 2 aromatic rings. The average Bonchev–Trinajstić information content (AvgIpc) is 2.64. The zero-order chi connectivity index (χ0) is 21.8. The molecular weight excluding hydrogens is 437 g/mol. The molecule has 3 rings (SSSR count). The number of carbonyl (C=O) groups is 2. The van der Waals surface area contributed by atoms with Crippen LogP contribution in [0.4, 0.5) is 11.4 Å². The third-order valence-corrected chi connectivity index (χ3v) is 6.17. The smallest absolute Gasteiger partial charge is 0.326 e. The second-order valence-electron chi connectivity index (χ2n) is 6.38. The quantitative estimate of drug-likeness (QED) is 0.706. The lowest BCUT2D eigenvalue weighted by molar-refractivity contribution is -0.115. The third kappa shape index (κ3) is 5.62. The van der Waals surface area contributed by atoms with Gasteiger partial charge in [0, 0.05) is 18.2 Å². The van der Waals surface area contributed by atoms with Crippen LogP contribution in [0.2, 0.25) is 10.0 Å². The highest BCUT2D eigenvalue weighted by Crippen LogP contribution is 2.27. The van der Waals surface area contributed by atoms with Gasteiger partial charge in [-0.2, -0.15) is 8.42 Å². The number of hydrogen-bond donors (Lipinski definition) is 2. The van der Waals surface area contributed by atoms with Gasteiger partial charge in [-0.15, -0.1) is 0 Å². The molecule has 0 saturated carbocycles. The van der Waals surface area contributed by atoms with E-state index in [0.717, 1.165) is 4.31 Å². The molecule has 0 fully saturated rings. The van der Waals surface area contributed by atoms with Gasteiger partial charge in [-0.25, -0.2) is 4.31 Å². The summed E-state index contributed by atoms with van der Waals surface area (Å²) < 4.78 is 26.8. The van der Waals surface area contributed by atoms with E-state index in [-0.39, 0.29) is 5.91 Å². The summed E-state index contributed by atoms with van der Waals surface area (Å²) in [7, 11) is -3.75. The molecule has 0 atom stereocenters. The minimum Gasteiger partial charge on any atom is -0.326 e. The first kappa shape index (κ1) is 23.0. The summed E-state index contributed by atoms with van der Waals surface area (Å²) in [6.07, 6.45) is 0.445. The fourth-order valence-corrected chi connectivity index (χ4v) is 4.23. The Morgan fingerprint density at radius 1 is 1.14 bits per heavy atom. The third-order valence-electron chi connectivity index (χ3n) is 3.85. The molecule has 0 aromatic heterocycles. The van der Waals surface area contributed by atoms with Gasteiger partial charge in [0.05, 0.1) is 21.3 Å². The van der Waals surface area contributed by atoms with Gasteiger partial charge in [0.15, 0.2) is 0 Å². The van der Waals surface area contributed by atoms with Crippen LogP contribution in [-0.4, -0.2) is 30.6 Å². The standard InChI is InChI=1S/C10H12N2O3S.C9H9Cl2NO/c1-7(2)12-10(13)8-5-3-4-6-9(8)11-16(12,14)15;1-2-9(13)12-6-3-4-7(10)8(11)5-6/h3-7,11H,1-2H3;3-5H,2H2,1H3,(H,12,13). The summed E-state index contributed by atoms with van der Waals surface area (Å²) in [5.74, 6) is -0.525. The molecule has 0 radical (unpaired) electrons. The van der Waals surface area contributed by atoms with Gasteiger partial charge in [0.1, 0.15) is 0 Å². The van der Waals surface area contributed by atoms with E-state index in [1.807, 2.05) is 0 Å². The van der Waals surface area contributed by atoms with Crippen molar-refractivity contribution in [2.75, 3.05) is 10.0 Å². The van der Waals surface area contributed by atoms with Crippen LogP contribution >= 0.6 is 23.2 Å². The highest BCUT2D eigenvalue weighted by Gasteiger charge is 2.36. The van der Waals surface area contributed by atoms with Crippen LogP contribution in [0, 0.1) is 0 Å². The summed E-state index contributed by atoms with van der Waals surface area (Å²) in [4.78, 5) is 23.0. The minimum absolute atomic E-state index is 0.0432. The Hall–Kier alpha value is -2.29. The maximum absolute atomic E-state index is 12.0. The fraction of sp³-hybridized carbons (Fsp3) is 0.263. The second-order valence-corrected chi connectivity index (χ2v) is 8.74. The predicted octanol–water partition coefficient (Wildman–Crippen LogP) is 4.55. The van der Waals surface area contributed by atoms with Gasteiger partial charge in [0.25, 0.3) is 5.91 Å². The van der Waals surface area contributed by atoms with Crippen LogP contribution in [0.5, 0.6) is 0 Å². The van der Waals surface area contributed by atoms with Gasteiger partial charge in [0.2, 0.25) is 5.91 Å². The zero-order valence-corrected chi connectivity index (χ0v) is 18.4. The normalized spacial score (nSPS) is 14.4. The van der Waals surface area contributed by atoms with E-state index < -0.39 is 22.2 Å². The van der Waals surface area contributed by atoms with Crippen molar-refractivity contribution in [1.29, 1.82) is 0 Å². The Balaban J connectivity index is 0.000000212. The molecule has 10 heteroatoms. The van der Waals surface area contributed by atoms with Gasteiger partial charge in [-0.1, -0.05) is 42.3 Å². The van der Waals surface area contributed by atoms with Crippen LogP contribution in [0.15, 0.2) is 42.5 Å². The van der Waals surface area contributed by atoms with Crippen molar-refractivity contribution in [3.8, 4) is 0 Å². The summed E-state index contributed by atoms with van der Waals surface area (Å²) in [5, 5.41) is 3.60. The van der Waals surface area contributed by atoms with E-state index in [1.54, 1.807) is 63.2 Å². The van der Waals surface area contributed by atoms with E-state index >= 15 is 0 Å². The second kappa shape index (κ2) is 9.47. The number of benzene rings is 2. The first-order valence-corrected chi connectivity index (χ1v) is 11.0. The highest BCUT2D eigenvalue weighted by molar-refractivity contribution is 7.91. The number of hydrogen-bond acceptors (Lipinski definition) is 4. The first-order chi connectivity index (χ1) is 13.6. The number of nitrogens with one attached hydrogen (secondary N) is 2. The van der Waals surface area contributed by atoms with Gasteiger partial charge >= 0.3 is 10.2 Å². The molecule has 0 aliphatic carbocycles. The maximum atomic E-state index is 12.0. The van der Waals surface area contributed by atoms with Crippen molar-refractivity contribution < 1.29 is 18.0 Å². The maximum Gasteiger partial charge on any atom is 0.326 e. The lowest BCUT2D eigenvalue weighted by Gasteiger charge is -2.31. The number of carbonyl (C=O) groups excluding carboxylic acids is 2. The van der Waals surface area contributed by atoms with Crippen molar-refractivity contribution in [1.82, 2.24) is 4.31 Å². The molecule has 156 valence electrons. The summed E-state index contributed by atoms with van der Waals surface area (Å²) >= 11 is 11.5. The molecule has 2 aromatic carbocycles. The fourth-order valence-electron chi connectivity index (χ4n) is 2.51. The van der Waals surface area contributed by atoms with Gasteiger partial charge in [-0.3, -0.25) is 14.3 Å². The van der Waals surface area contributed by atoms with Crippen LogP contribution in [0.1, 0.15) is 37.6 Å². The van der Waals surface area contributed by atoms with E-state index in [4.69, 9.17) is 23.2 Å². The molecule has 29 heavy (non-hydrogen) atoms. The number of fused-ring (bicyclic) bond motifs is 1. The minimum atomic E-state index is -3.75. The molecule has 7 nitrogen and oxygen atoms in total. The Bertz CT molecular complexity index is 1030. The average molecular weight is 458 g/mol. The Kier molecular flexibility index (Phi) is 7.51. The monoisotopic (exact) mass is 457 g/mol. The highest BCUT2D eigenvalue weighted by atomic mass is 35.5. The first-order valence-electron chi connectivity index (χ1n) is 8.77. The van der Waals surface area contributed by atoms with E-state index in [1.165, 1.54) is 0 Å². The molecule has 1 aliphatic heterocycles. The molecular formula is C19H21Cl2N3O4S. The van der Waals surface area contributed by atoms with Gasteiger partial charge < -0.3 is 5.32 Å². The van der Waals surface area contributed by atoms with Crippen LogP contribution in [0.3, 0.4) is 0 Å². The molecule has 0 saturated heterocycles. The molecule has 0 spiro atoms. The molecule has 1 aliphatic rings.